The minimum Gasteiger partial charge on any atom is -0.459 e. The number of aromatic nitrogens is 5. The molecule has 0 unspecified atom stereocenters. The second-order valence-electron chi connectivity index (χ2n) is 9.02. The number of ether oxygens (including phenoxy) is 2. The van der Waals surface area contributed by atoms with E-state index in [1.807, 2.05) is 0 Å². The van der Waals surface area contributed by atoms with Crippen LogP contribution in [0.25, 0.3) is 16.8 Å². The quantitative estimate of drug-likeness (QED) is 0.331. The van der Waals surface area contributed by atoms with Crippen LogP contribution < -0.4 is 10.4 Å². The Morgan fingerprint density at radius 2 is 2.10 bits per heavy atom. The SMILES string of the molecule is O=C(OC[C@@H]1C=C(c2ccc(-c3ccc(N4C[C@H](Cn5ccnn5)OC4=O)cc3F)cn2)NO1)c1cccnc1. The predicted octanol–water partition coefficient (Wildman–Crippen LogP) is 3.00. The molecule has 2 atom stereocenters. The van der Waals surface area contributed by atoms with Gasteiger partial charge >= 0.3 is 12.1 Å². The first-order valence-electron chi connectivity index (χ1n) is 12.3. The van der Waals surface area contributed by atoms with Crippen LogP contribution in [0.3, 0.4) is 0 Å². The molecule has 5 heterocycles. The molecular formula is C27H22FN7O5. The first-order chi connectivity index (χ1) is 19.5. The Morgan fingerprint density at radius 3 is 2.85 bits per heavy atom. The second kappa shape index (κ2) is 10.9. The van der Waals surface area contributed by atoms with Crippen molar-refractivity contribution in [2.24, 2.45) is 0 Å². The summed E-state index contributed by atoms with van der Waals surface area (Å²) in [6.07, 6.45) is 8.03. The fourth-order valence-corrected chi connectivity index (χ4v) is 4.32. The molecular weight excluding hydrogens is 521 g/mol. The number of pyridine rings is 2. The van der Waals surface area contributed by atoms with E-state index in [0.29, 0.717) is 40.3 Å². The molecule has 1 aromatic carbocycles. The summed E-state index contributed by atoms with van der Waals surface area (Å²) in [4.78, 5) is 39.7. The normalized spacial score (nSPS) is 18.3. The molecule has 13 heteroatoms. The molecule has 0 bridgehead atoms. The smallest absolute Gasteiger partial charge is 0.414 e. The number of hydroxylamine groups is 1. The van der Waals surface area contributed by atoms with Gasteiger partial charge in [-0.2, -0.15) is 0 Å². The van der Waals surface area contributed by atoms with Gasteiger partial charge in [0.1, 0.15) is 24.6 Å². The molecule has 2 aliphatic rings. The zero-order chi connectivity index (χ0) is 27.5. The summed E-state index contributed by atoms with van der Waals surface area (Å²) < 4.78 is 27.4. The number of anilines is 1. The van der Waals surface area contributed by atoms with Crippen molar-refractivity contribution in [3.63, 3.8) is 0 Å². The van der Waals surface area contributed by atoms with Gasteiger partial charge in [-0.25, -0.2) is 18.7 Å². The standard InChI is InChI=1S/C27H22FN7O5/c28-23-10-19(35-15-21(39-27(35)37)14-34-9-8-31-33-34)4-5-22(23)17-3-6-24(30-13-17)25-11-20(40-32-25)16-38-26(36)18-2-1-7-29-12-18/h1-13,20-21,32H,14-16H2/t20-,21-/m0/s1. The molecule has 12 nitrogen and oxygen atoms in total. The molecule has 3 aromatic heterocycles. The molecule has 2 aliphatic heterocycles. The van der Waals surface area contributed by atoms with Gasteiger partial charge < -0.3 is 9.47 Å². The molecule has 0 radical (unpaired) electrons. The van der Waals surface area contributed by atoms with E-state index < -0.39 is 30.1 Å². The number of hydrogen-bond donors (Lipinski definition) is 1. The first kappa shape index (κ1) is 25.1. The maximum Gasteiger partial charge on any atom is 0.414 e. The van der Waals surface area contributed by atoms with Gasteiger partial charge in [-0.15, -0.1) is 5.10 Å². The fourth-order valence-electron chi connectivity index (χ4n) is 4.32. The lowest BCUT2D eigenvalue weighted by Gasteiger charge is -2.14. The van der Waals surface area contributed by atoms with Crippen LogP contribution in [0, 0.1) is 5.82 Å². The van der Waals surface area contributed by atoms with Crippen LogP contribution in [0.1, 0.15) is 16.1 Å². The van der Waals surface area contributed by atoms with Crippen molar-refractivity contribution in [3.05, 3.63) is 96.6 Å². The summed E-state index contributed by atoms with van der Waals surface area (Å²) in [6.45, 7) is 0.627. The van der Waals surface area contributed by atoms with Gasteiger partial charge in [0.25, 0.3) is 0 Å². The van der Waals surface area contributed by atoms with E-state index in [2.05, 4.69) is 25.8 Å². The van der Waals surface area contributed by atoms with Crippen molar-refractivity contribution in [1.82, 2.24) is 30.4 Å². The third-order valence-corrected chi connectivity index (χ3v) is 6.30. The molecule has 40 heavy (non-hydrogen) atoms. The number of rotatable bonds is 8. The molecule has 0 aliphatic carbocycles. The first-order valence-corrected chi connectivity index (χ1v) is 12.3. The summed E-state index contributed by atoms with van der Waals surface area (Å²) in [7, 11) is 0. The summed E-state index contributed by atoms with van der Waals surface area (Å²) in [5.41, 5.74) is 5.58. The average Bonchev–Trinajstić information content (AvgIpc) is 3.74. The van der Waals surface area contributed by atoms with Crippen molar-refractivity contribution >= 4 is 23.4 Å². The predicted molar refractivity (Wildman–Crippen MR) is 138 cm³/mol. The number of nitrogens with one attached hydrogen (secondary N) is 1. The van der Waals surface area contributed by atoms with Crippen LogP contribution >= 0.6 is 0 Å². The number of amides is 1. The van der Waals surface area contributed by atoms with Crippen LogP contribution in [0.2, 0.25) is 0 Å². The van der Waals surface area contributed by atoms with E-state index in [1.165, 1.54) is 17.2 Å². The van der Waals surface area contributed by atoms with Gasteiger partial charge in [0.2, 0.25) is 0 Å². The van der Waals surface area contributed by atoms with Crippen LogP contribution in [-0.4, -0.2) is 62.4 Å². The molecule has 1 N–H and O–H groups in total. The third-order valence-electron chi connectivity index (χ3n) is 6.30. The molecule has 0 saturated carbocycles. The van der Waals surface area contributed by atoms with Crippen LogP contribution in [-0.2, 0) is 20.9 Å². The number of halogens is 1. The Hall–Kier alpha value is -5.17. The lowest BCUT2D eigenvalue weighted by molar-refractivity contribution is -0.00360. The molecule has 6 rings (SSSR count). The highest BCUT2D eigenvalue weighted by molar-refractivity contribution is 5.90. The number of carbonyl (C=O) groups excluding carboxylic acids is 2. The minimum absolute atomic E-state index is 0.00558. The molecule has 202 valence electrons. The van der Waals surface area contributed by atoms with Crippen molar-refractivity contribution in [2.45, 2.75) is 18.8 Å². The zero-order valence-corrected chi connectivity index (χ0v) is 20.9. The van der Waals surface area contributed by atoms with Crippen LogP contribution in [0.4, 0.5) is 14.9 Å². The maximum atomic E-state index is 15.1. The van der Waals surface area contributed by atoms with E-state index in [9.17, 15) is 9.59 Å². The van der Waals surface area contributed by atoms with E-state index >= 15 is 4.39 Å². The molecule has 0 spiro atoms. The fraction of sp³-hybridized carbons (Fsp3) is 0.185. The van der Waals surface area contributed by atoms with Gasteiger partial charge in [-0.05, 0) is 42.5 Å². The topological polar surface area (TPSA) is 134 Å². The summed E-state index contributed by atoms with van der Waals surface area (Å²) in [5, 5.41) is 7.62. The number of carbonyl (C=O) groups is 2. The van der Waals surface area contributed by atoms with Gasteiger partial charge in [-0.1, -0.05) is 11.3 Å². The summed E-state index contributed by atoms with van der Waals surface area (Å²) in [6, 6.07) is 11.3. The maximum absolute atomic E-state index is 15.1. The Balaban J connectivity index is 1.08. The highest BCUT2D eigenvalue weighted by Crippen LogP contribution is 2.30. The molecule has 1 saturated heterocycles. The van der Waals surface area contributed by atoms with Gasteiger partial charge in [-0.3, -0.25) is 25.2 Å². The Morgan fingerprint density at radius 1 is 1.18 bits per heavy atom. The summed E-state index contributed by atoms with van der Waals surface area (Å²) in [5.74, 6) is -1.00. The number of benzene rings is 1. The van der Waals surface area contributed by atoms with E-state index in [4.69, 9.17) is 14.3 Å². The second-order valence-corrected chi connectivity index (χ2v) is 9.02. The Kier molecular flexibility index (Phi) is 6.85. The zero-order valence-electron chi connectivity index (χ0n) is 20.9. The number of nitrogens with zero attached hydrogens (tertiary/aromatic N) is 6. The molecule has 4 aromatic rings. The minimum atomic E-state index is -0.548. The van der Waals surface area contributed by atoms with Crippen LogP contribution in [0.15, 0.2) is 79.5 Å². The molecule has 1 amide bonds. The van der Waals surface area contributed by atoms with Crippen LogP contribution in [0.5, 0.6) is 0 Å². The van der Waals surface area contributed by atoms with Crippen molar-refractivity contribution in [2.75, 3.05) is 18.1 Å². The number of esters is 1. The van der Waals surface area contributed by atoms with Crippen molar-refractivity contribution in [3.8, 4) is 11.1 Å². The monoisotopic (exact) mass is 543 g/mol. The van der Waals surface area contributed by atoms with E-state index in [-0.39, 0.29) is 13.2 Å². The highest BCUT2D eigenvalue weighted by atomic mass is 19.1. The van der Waals surface area contributed by atoms with Gasteiger partial charge in [0.15, 0.2) is 0 Å². The lowest BCUT2D eigenvalue weighted by Crippen LogP contribution is -2.26. The Bertz CT molecular complexity index is 1550. The van der Waals surface area contributed by atoms with E-state index in [1.54, 1.807) is 71.9 Å². The average molecular weight is 544 g/mol. The number of cyclic esters (lactones) is 1. The third kappa shape index (κ3) is 5.35. The van der Waals surface area contributed by atoms with Crippen molar-refractivity contribution < 1.29 is 28.3 Å². The van der Waals surface area contributed by atoms with Gasteiger partial charge in [0.05, 0.1) is 41.9 Å². The highest BCUT2D eigenvalue weighted by Gasteiger charge is 2.33. The Labute approximate surface area is 227 Å². The lowest BCUT2D eigenvalue weighted by atomic mass is 10.1. The van der Waals surface area contributed by atoms with Crippen molar-refractivity contribution in [1.29, 1.82) is 0 Å². The van der Waals surface area contributed by atoms with E-state index in [0.717, 1.165) is 0 Å². The summed E-state index contributed by atoms with van der Waals surface area (Å²) >= 11 is 0. The van der Waals surface area contributed by atoms with Gasteiger partial charge in [0, 0.05) is 35.9 Å². The largest absolute Gasteiger partial charge is 0.459 e. The molecule has 1 fully saturated rings. The number of hydrogen-bond acceptors (Lipinski definition) is 10.